The smallest absolute Gasteiger partial charge is 0.325 e. The molecule has 0 bridgehead atoms. The van der Waals surface area contributed by atoms with E-state index in [1.54, 1.807) is 23.1 Å². The number of anilines is 1. The van der Waals surface area contributed by atoms with Crippen LogP contribution in [0.3, 0.4) is 0 Å². The van der Waals surface area contributed by atoms with Crippen LogP contribution in [-0.4, -0.2) is 49.7 Å². The lowest BCUT2D eigenvalue weighted by Crippen LogP contribution is -2.47. The summed E-state index contributed by atoms with van der Waals surface area (Å²) in [4.78, 5) is 38.9. The lowest BCUT2D eigenvalue weighted by molar-refractivity contribution is -0.137. The molecule has 3 atom stereocenters. The SMILES string of the molecule is O=C(O)Cn1ccc(NC(=O)C2CC3CCCCC3N2C(=O)c2ccccc2)n1. The van der Waals surface area contributed by atoms with Crippen molar-refractivity contribution in [2.24, 2.45) is 5.92 Å². The van der Waals surface area contributed by atoms with Crippen LogP contribution in [-0.2, 0) is 16.1 Å². The molecule has 0 radical (unpaired) electrons. The minimum atomic E-state index is -1.01. The Labute approximate surface area is 168 Å². The molecule has 1 aromatic heterocycles. The highest BCUT2D eigenvalue weighted by atomic mass is 16.4. The van der Waals surface area contributed by atoms with E-state index in [0.29, 0.717) is 23.7 Å². The van der Waals surface area contributed by atoms with Crippen molar-refractivity contribution in [1.29, 1.82) is 0 Å². The molecule has 0 spiro atoms. The summed E-state index contributed by atoms with van der Waals surface area (Å²) in [6.07, 6.45) is 6.28. The summed E-state index contributed by atoms with van der Waals surface area (Å²) in [6.45, 7) is -0.276. The fourth-order valence-electron chi connectivity index (χ4n) is 4.58. The number of aromatic nitrogens is 2. The number of likely N-dealkylation sites (tertiary alicyclic amines) is 1. The molecule has 1 aromatic carbocycles. The summed E-state index contributed by atoms with van der Waals surface area (Å²) < 4.78 is 1.25. The van der Waals surface area contributed by atoms with Crippen molar-refractivity contribution in [3.8, 4) is 0 Å². The second-order valence-corrected chi connectivity index (χ2v) is 7.72. The van der Waals surface area contributed by atoms with Gasteiger partial charge < -0.3 is 15.3 Å². The maximum atomic E-state index is 13.3. The van der Waals surface area contributed by atoms with Crippen LogP contribution < -0.4 is 5.32 Å². The van der Waals surface area contributed by atoms with Crippen LogP contribution in [0.25, 0.3) is 0 Å². The number of amides is 2. The molecule has 2 N–H and O–H groups in total. The molecule has 152 valence electrons. The summed E-state index contributed by atoms with van der Waals surface area (Å²) in [5.41, 5.74) is 0.585. The van der Waals surface area contributed by atoms with E-state index in [1.165, 1.54) is 10.9 Å². The van der Waals surface area contributed by atoms with Crippen LogP contribution in [0.2, 0.25) is 0 Å². The number of carboxylic acids is 1. The molecular weight excluding hydrogens is 372 g/mol. The second kappa shape index (κ2) is 8.06. The van der Waals surface area contributed by atoms with Gasteiger partial charge in [-0.25, -0.2) is 0 Å². The zero-order chi connectivity index (χ0) is 20.4. The summed E-state index contributed by atoms with van der Waals surface area (Å²) in [5, 5.41) is 15.7. The molecule has 2 fully saturated rings. The Bertz CT molecular complexity index is 910. The van der Waals surface area contributed by atoms with Gasteiger partial charge >= 0.3 is 5.97 Å². The third kappa shape index (κ3) is 4.01. The highest BCUT2D eigenvalue weighted by Gasteiger charge is 2.47. The lowest BCUT2D eigenvalue weighted by atomic mass is 9.84. The number of hydrogen-bond donors (Lipinski definition) is 2. The van der Waals surface area contributed by atoms with Gasteiger partial charge in [0.1, 0.15) is 12.6 Å². The predicted octanol–water partition coefficient (Wildman–Crippen LogP) is 2.38. The van der Waals surface area contributed by atoms with Crippen molar-refractivity contribution in [1.82, 2.24) is 14.7 Å². The Hall–Kier alpha value is -3.16. The van der Waals surface area contributed by atoms with Gasteiger partial charge in [0, 0.05) is 23.9 Å². The zero-order valence-corrected chi connectivity index (χ0v) is 16.0. The van der Waals surface area contributed by atoms with Crippen LogP contribution in [0, 0.1) is 5.92 Å². The fourth-order valence-corrected chi connectivity index (χ4v) is 4.58. The van der Waals surface area contributed by atoms with E-state index in [4.69, 9.17) is 5.11 Å². The van der Waals surface area contributed by atoms with E-state index in [9.17, 15) is 14.4 Å². The maximum Gasteiger partial charge on any atom is 0.325 e. The Morgan fingerprint density at radius 1 is 1.10 bits per heavy atom. The van der Waals surface area contributed by atoms with Crippen molar-refractivity contribution >= 4 is 23.6 Å². The molecule has 4 rings (SSSR count). The Kier molecular flexibility index (Phi) is 5.33. The number of nitrogens with zero attached hydrogens (tertiary/aromatic N) is 3. The molecule has 8 nitrogen and oxygen atoms in total. The van der Waals surface area contributed by atoms with Crippen molar-refractivity contribution < 1.29 is 19.5 Å². The van der Waals surface area contributed by atoms with E-state index in [0.717, 1.165) is 25.7 Å². The summed E-state index contributed by atoms with van der Waals surface area (Å²) in [7, 11) is 0. The highest BCUT2D eigenvalue weighted by Crippen LogP contribution is 2.40. The van der Waals surface area contributed by atoms with E-state index in [-0.39, 0.29) is 24.4 Å². The number of aliphatic carboxylic acids is 1. The van der Waals surface area contributed by atoms with Crippen LogP contribution in [0.15, 0.2) is 42.6 Å². The molecule has 1 aliphatic heterocycles. The van der Waals surface area contributed by atoms with Crippen LogP contribution in [0.4, 0.5) is 5.82 Å². The normalized spacial score (nSPS) is 23.4. The second-order valence-electron chi connectivity index (χ2n) is 7.72. The number of carbonyl (C=O) groups excluding carboxylic acids is 2. The number of carboxylic acid groups (broad SMARTS) is 1. The van der Waals surface area contributed by atoms with Gasteiger partial charge in [-0.1, -0.05) is 31.0 Å². The van der Waals surface area contributed by atoms with E-state index in [2.05, 4.69) is 10.4 Å². The lowest BCUT2D eigenvalue weighted by Gasteiger charge is -2.33. The van der Waals surface area contributed by atoms with E-state index >= 15 is 0 Å². The molecule has 8 heteroatoms. The number of nitrogens with one attached hydrogen (secondary N) is 1. The third-order valence-corrected chi connectivity index (χ3v) is 5.84. The van der Waals surface area contributed by atoms with Crippen molar-refractivity contribution in [2.45, 2.75) is 50.7 Å². The van der Waals surface area contributed by atoms with Crippen molar-refractivity contribution in [3.05, 3.63) is 48.2 Å². The maximum absolute atomic E-state index is 13.3. The molecule has 2 amide bonds. The number of rotatable bonds is 5. The number of fused-ring (bicyclic) bond motifs is 1. The zero-order valence-electron chi connectivity index (χ0n) is 16.0. The summed E-state index contributed by atoms with van der Waals surface area (Å²) in [6, 6.07) is 10.2. The Morgan fingerprint density at radius 2 is 1.86 bits per heavy atom. The summed E-state index contributed by atoms with van der Waals surface area (Å²) in [5.74, 6) is -0.777. The molecule has 1 saturated carbocycles. The molecule has 2 aromatic rings. The quantitative estimate of drug-likeness (QED) is 0.807. The first-order chi connectivity index (χ1) is 14.0. The average molecular weight is 396 g/mol. The monoisotopic (exact) mass is 396 g/mol. The van der Waals surface area contributed by atoms with Crippen LogP contribution >= 0.6 is 0 Å². The molecule has 2 aliphatic rings. The number of benzene rings is 1. The minimum absolute atomic E-state index is 0.0803. The molecule has 1 aliphatic carbocycles. The minimum Gasteiger partial charge on any atom is -0.480 e. The standard InChI is InChI=1S/C21H24N4O4/c26-19(27)13-24-11-10-18(23-24)22-20(28)17-12-15-8-4-5-9-16(15)25(17)21(29)14-6-2-1-3-7-14/h1-3,6-7,10-11,15-17H,4-5,8-9,12-13H2,(H,26,27)(H,22,23,28). The molecule has 3 unspecified atom stereocenters. The molecular formula is C21H24N4O4. The number of carbonyl (C=O) groups is 3. The van der Waals surface area contributed by atoms with Gasteiger partial charge in [0.25, 0.3) is 5.91 Å². The first-order valence-corrected chi connectivity index (χ1v) is 9.97. The molecule has 2 heterocycles. The largest absolute Gasteiger partial charge is 0.480 e. The first-order valence-electron chi connectivity index (χ1n) is 9.97. The van der Waals surface area contributed by atoms with E-state index < -0.39 is 12.0 Å². The first kappa shape index (κ1) is 19.2. The van der Waals surface area contributed by atoms with Gasteiger partial charge in [0.2, 0.25) is 5.91 Å². The average Bonchev–Trinajstić information content (AvgIpc) is 3.31. The third-order valence-electron chi connectivity index (χ3n) is 5.84. The Balaban J connectivity index is 1.54. The topological polar surface area (TPSA) is 105 Å². The summed E-state index contributed by atoms with van der Waals surface area (Å²) >= 11 is 0. The van der Waals surface area contributed by atoms with Crippen molar-refractivity contribution in [2.75, 3.05) is 5.32 Å². The molecule has 29 heavy (non-hydrogen) atoms. The van der Waals surface area contributed by atoms with Crippen LogP contribution in [0.1, 0.15) is 42.5 Å². The fraction of sp³-hybridized carbons (Fsp3) is 0.429. The van der Waals surface area contributed by atoms with Crippen LogP contribution in [0.5, 0.6) is 0 Å². The van der Waals surface area contributed by atoms with Gasteiger partial charge in [-0.2, -0.15) is 5.10 Å². The number of hydrogen-bond acceptors (Lipinski definition) is 4. The van der Waals surface area contributed by atoms with Gasteiger partial charge in [-0.15, -0.1) is 0 Å². The highest BCUT2D eigenvalue weighted by molar-refractivity contribution is 6.01. The van der Waals surface area contributed by atoms with Gasteiger partial charge in [0.15, 0.2) is 5.82 Å². The van der Waals surface area contributed by atoms with Gasteiger partial charge in [-0.05, 0) is 37.3 Å². The van der Waals surface area contributed by atoms with Gasteiger partial charge in [-0.3, -0.25) is 19.1 Å². The van der Waals surface area contributed by atoms with Crippen molar-refractivity contribution in [3.63, 3.8) is 0 Å². The van der Waals surface area contributed by atoms with E-state index in [1.807, 2.05) is 18.2 Å². The predicted molar refractivity (Wildman–Crippen MR) is 105 cm³/mol. The van der Waals surface area contributed by atoms with Gasteiger partial charge in [0.05, 0.1) is 0 Å². The molecule has 1 saturated heterocycles. The Morgan fingerprint density at radius 3 is 2.62 bits per heavy atom.